The van der Waals surface area contributed by atoms with Gasteiger partial charge in [0, 0.05) is 5.56 Å². The first kappa shape index (κ1) is 13.4. The van der Waals surface area contributed by atoms with E-state index in [9.17, 15) is 0 Å². The van der Waals surface area contributed by atoms with Crippen molar-refractivity contribution < 1.29 is 14.2 Å². The Balaban J connectivity index is 2.41. The molecule has 0 unspecified atom stereocenters. The number of halogens is 1. The molecule has 0 aliphatic carbocycles. The van der Waals surface area contributed by atoms with Crippen molar-refractivity contribution in [1.29, 1.82) is 0 Å². The van der Waals surface area contributed by atoms with Crippen LogP contribution >= 0.6 is 11.6 Å². The predicted octanol–water partition coefficient (Wildman–Crippen LogP) is 3.25. The standard InChI is InChI=1S/C13H13ClN2O3/c1-8-11(18-3)13(16-15-12(8)14)19-10-7-5-4-6-9(10)17-2/h4-7H,1-3H3. The molecule has 1 aromatic heterocycles. The van der Waals surface area contributed by atoms with E-state index in [1.165, 1.54) is 7.11 Å². The van der Waals surface area contributed by atoms with Gasteiger partial charge in [-0.3, -0.25) is 0 Å². The Bertz CT molecular complexity index is 590. The fraction of sp³-hybridized carbons (Fsp3) is 0.231. The quantitative estimate of drug-likeness (QED) is 0.860. The minimum atomic E-state index is 0.244. The van der Waals surface area contributed by atoms with Crippen LogP contribution in [0, 0.1) is 6.92 Å². The van der Waals surface area contributed by atoms with Gasteiger partial charge in [0.15, 0.2) is 22.4 Å². The lowest BCUT2D eigenvalue weighted by atomic mass is 10.3. The number of para-hydroxylation sites is 2. The summed E-state index contributed by atoms with van der Waals surface area (Å²) in [6.07, 6.45) is 0. The molecule has 0 N–H and O–H groups in total. The second kappa shape index (κ2) is 5.75. The van der Waals surface area contributed by atoms with E-state index >= 15 is 0 Å². The van der Waals surface area contributed by atoms with Crippen LogP contribution in [0.5, 0.6) is 23.1 Å². The molecular formula is C13H13ClN2O3. The molecule has 0 spiro atoms. The van der Waals surface area contributed by atoms with Gasteiger partial charge in [-0.2, -0.15) is 0 Å². The molecule has 0 bridgehead atoms. The van der Waals surface area contributed by atoms with E-state index < -0.39 is 0 Å². The van der Waals surface area contributed by atoms with Gasteiger partial charge in [-0.25, -0.2) is 0 Å². The summed E-state index contributed by atoms with van der Waals surface area (Å²) in [5.41, 5.74) is 0.670. The van der Waals surface area contributed by atoms with Crippen molar-refractivity contribution in [2.45, 2.75) is 6.92 Å². The Hall–Kier alpha value is -2.01. The summed E-state index contributed by atoms with van der Waals surface area (Å²) in [6, 6.07) is 7.24. The molecule has 6 heteroatoms. The molecule has 1 aromatic carbocycles. The molecule has 2 rings (SSSR count). The van der Waals surface area contributed by atoms with Crippen LogP contribution in [-0.4, -0.2) is 24.4 Å². The summed E-state index contributed by atoms with van der Waals surface area (Å²) in [4.78, 5) is 0. The fourth-order valence-corrected chi connectivity index (χ4v) is 1.70. The molecule has 2 aromatic rings. The van der Waals surface area contributed by atoms with Gasteiger partial charge in [-0.05, 0) is 19.1 Å². The van der Waals surface area contributed by atoms with Crippen LogP contribution in [0.3, 0.4) is 0 Å². The Kier molecular flexibility index (Phi) is 4.06. The highest BCUT2D eigenvalue weighted by molar-refractivity contribution is 6.30. The number of hydrogen-bond donors (Lipinski definition) is 0. The SMILES string of the molecule is COc1ccccc1Oc1nnc(Cl)c(C)c1OC. The third-order valence-corrected chi connectivity index (χ3v) is 2.91. The average molecular weight is 281 g/mol. The smallest absolute Gasteiger partial charge is 0.282 e. The maximum absolute atomic E-state index is 5.89. The van der Waals surface area contributed by atoms with Crippen LogP contribution in [0.4, 0.5) is 0 Å². The molecule has 5 nitrogen and oxygen atoms in total. The van der Waals surface area contributed by atoms with Crippen molar-refractivity contribution in [2.24, 2.45) is 0 Å². The van der Waals surface area contributed by atoms with E-state index in [-0.39, 0.29) is 11.0 Å². The number of hydrogen-bond acceptors (Lipinski definition) is 5. The summed E-state index contributed by atoms with van der Waals surface area (Å²) < 4.78 is 16.1. The van der Waals surface area contributed by atoms with E-state index in [1.54, 1.807) is 26.2 Å². The highest BCUT2D eigenvalue weighted by Gasteiger charge is 2.16. The molecular weight excluding hydrogens is 268 g/mol. The van der Waals surface area contributed by atoms with Gasteiger partial charge >= 0.3 is 0 Å². The maximum Gasteiger partial charge on any atom is 0.282 e. The molecule has 0 aliphatic heterocycles. The van der Waals surface area contributed by atoms with Crippen molar-refractivity contribution >= 4 is 11.6 Å². The average Bonchev–Trinajstić information content (AvgIpc) is 2.44. The van der Waals surface area contributed by atoms with E-state index in [2.05, 4.69) is 10.2 Å². The first-order chi connectivity index (χ1) is 9.17. The van der Waals surface area contributed by atoms with Gasteiger partial charge in [0.25, 0.3) is 5.88 Å². The van der Waals surface area contributed by atoms with Gasteiger partial charge in [0.05, 0.1) is 14.2 Å². The molecule has 100 valence electrons. The van der Waals surface area contributed by atoms with E-state index in [1.807, 2.05) is 12.1 Å². The first-order valence-electron chi connectivity index (χ1n) is 5.55. The number of ether oxygens (including phenoxy) is 3. The molecule has 0 saturated carbocycles. The summed E-state index contributed by atoms with van der Waals surface area (Å²) in [7, 11) is 3.09. The van der Waals surface area contributed by atoms with Crippen molar-refractivity contribution in [3.05, 3.63) is 35.0 Å². The Labute approximate surface area is 116 Å². The number of benzene rings is 1. The van der Waals surface area contributed by atoms with Crippen LogP contribution in [-0.2, 0) is 0 Å². The van der Waals surface area contributed by atoms with E-state index in [4.69, 9.17) is 25.8 Å². The zero-order chi connectivity index (χ0) is 13.8. The largest absolute Gasteiger partial charge is 0.493 e. The number of methoxy groups -OCH3 is 2. The minimum absolute atomic E-state index is 0.244. The van der Waals surface area contributed by atoms with Gasteiger partial charge in [-0.1, -0.05) is 23.7 Å². The molecule has 0 atom stereocenters. The van der Waals surface area contributed by atoms with Crippen LogP contribution in [0.2, 0.25) is 5.15 Å². The van der Waals surface area contributed by atoms with Crippen LogP contribution in [0.15, 0.2) is 24.3 Å². The fourth-order valence-electron chi connectivity index (χ4n) is 1.58. The second-order valence-corrected chi connectivity index (χ2v) is 4.07. The summed E-state index contributed by atoms with van der Waals surface area (Å²) in [6.45, 7) is 1.78. The van der Waals surface area contributed by atoms with Crippen LogP contribution in [0.25, 0.3) is 0 Å². The monoisotopic (exact) mass is 280 g/mol. The van der Waals surface area contributed by atoms with E-state index in [0.717, 1.165) is 0 Å². The van der Waals surface area contributed by atoms with E-state index in [0.29, 0.717) is 22.8 Å². The molecule has 1 heterocycles. The summed E-state index contributed by atoms with van der Waals surface area (Å²) in [5, 5.41) is 7.99. The molecule has 0 saturated heterocycles. The van der Waals surface area contributed by atoms with Crippen molar-refractivity contribution in [3.63, 3.8) is 0 Å². The van der Waals surface area contributed by atoms with Gasteiger partial charge in [0.2, 0.25) is 0 Å². The molecule has 0 radical (unpaired) electrons. The normalized spacial score (nSPS) is 10.1. The third-order valence-electron chi connectivity index (χ3n) is 2.55. The maximum atomic E-state index is 5.89. The van der Waals surface area contributed by atoms with Crippen molar-refractivity contribution in [3.8, 4) is 23.1 Å². The summed E-state index contributed by atoms with van der Waals surface area (Å²) >= 11 is 5.89. The molecule has 19 heavy (non-hydrogen) atoms. The Morgan fingerprint density at radius 3 is 2.32 bits per heavy atom. The predicted molar refractivity (Wildman–Crippen MR) is 71.4 cm³/mol. The lowest BCUT2D eigenvalue weighted by molar-refractivity contribution is 0.343. The number of rotatable bonds is 4. The Morgan fingerprint density at radius 2 is 1.68 bits per heavy atom. The highest BCUT2D eigenvalue weighted by atomic mass is 35.5. The van der Waals surface area contributed by atoms with Gasteiger partial charge in [0.1, 0.15) is 0 Å². The third kappa shape index (κ3) is 2.71. The lowest BCUT2D eigenvalue weighted by Crippen LogP contribution is -1.99. The van der Waals surface area contributed by atoms with Crippen LogP contribution < -0.4 is 14.2 Å². The molecule has 0 amide bonds. The van der Waals surface area contributed by atoms with Gasteiger partial charge < -0.3 is 14.2 Å². The molecule has 0 aliphatic rings. The zero-order valence-electron chi connectivity index (χ0n) is 10.8. The highest BCUT2D eigenvalue weighted by Crippen LogP contribution is 2.37. The first-order valence-corrected chi connectivity index (χ1v) is 5.92. The zero-order valence-corrected chi connectivity index (χ0v) is 11.6. The second-order valence-electron chi connectivity index (χ2n) is 3.71. The Morgan fingerprint density at radius 1 is 1.00 bits per heavy atom. The van der Waals surface area contributed by atoms with Gasteiger partial charge in [-0.15, -0.1) is 10.2 Å². The topological polar surface area (TPSA) is 53.5 Å². The number of aromatic nitrogens is 2. The lowest BCUT2D eigenvalue weighted by Gasteiger charge is -2.13. The minimum Gasteiger partial charge on any atom is -0.493 e. The molecule has 0 fully saturated rings. The summed E-state index contributed by atoms with van der Waals surface area (Å²) in [5.74, 6) is 1.82. The van der Waals surface area contributed by atoms with Crippen LogP contribution in [0.1, 0.15) is 5.56 Å². The number of nitrogens with zero attached hydrogens (tertiary/aromatic N) is 2. The van der Waals surface area contributed by atoms with Crippen molar-refractivity contribution in [2.75, 3.05) is 14.2 Å². The van der Waals surface area contributed by atoms with Crippen molar-refractivity contribution in [1.82, 2.24) is 10.2 Å².